The number of amides is 1. The van der Waals surface area contributed by atoms with Crippen molar-refractivity contribution in [2.75, 3.05) is 5.32 Å². The van der Waals surface area contributed by atoms with E-state index in [1.54, 1.807) is 25.1 Å². The number of benzene rings is 2. The lowest BCUT2D eigenvalue weighted by Gasteiger charge is -2.08. The molecule has 2 aromatic carbocycles. The number of halogens is 1. The third-order valence-corrected chi connectivity index (χ3v) is 2.59. The Balaban J connectivity index is 2.25. The first-order valence-corrected chi connectivity index (χ1v) is 5.43. The highest BCUT2D eigenvalue weighted by Gasteiger charge is 2.11. The Bertz CT molecular complexity index is 596. The standard InChI is InChI=1S/C14H12FNO2/c1-9-8-10(15)6-7-11(9)14(18)16-12-4-2-3-5-13(12)17/h2-8,17H,1H3,(H,16,18). The number of carbonyl (C=O) groups is 1. The third kappa shape index (κ3) is 2.48. The van der Waals surface area contributed by atoms with Gasteiger partial charge in [-0.15, -0.1) is 0 Å². The number of aromatic hydroxyl groups is 1. The number of nitrogens with one attached hydrogen (secondary N) is 1. The van der Waals surface area contributed by atoms with Crippen LogP contribution in [0.2, 0.25) is 0 Å². The lowest BCUT2D eigenvalue weighted by atomic mass is 10.1. The summed E-state index contributed by atoms with van der Waals surface area (Å²) in [5.41, 5.74) is 1.24. The van der Waals surface area contributed by atoms with E-state index in [-0.39, 0.29) is 17.5 Å². The van der Waals surface area contributed by atoms with Crippen LogP contribution in [0.15, 0.2) is 42.5 Å². The molecule has 1 amide bonds. The number of hydrogen-bond donors (Lipinski definition) is 2. The maximum atomic E-state index is 12.9. The summed E-state index contributed by atoms with van der Waals surface area (Å²) in [4.78, 5) is 12.0. The molecule has 0 aliphatic rings. The Morgan fingerprint density at radius 1 is 1.22 bits per heavy atom. The zero-order valence-corrected chi connectivity index (χ0v) is 9.77. The number of para-hydroxylation sites is 2. The van der Waals surface area contributed by atoms with Crippen molar-refractivity contribution in [1.29, 1.82) is 0 Å². The predicted molar refractivity (Wildman–Crippen MR) is 67.2 cm³/mol. The zero-order chi connectivity index (χ0) is 13.1. The van der Waals surface area contributed by atoms with Gasteiger partial charge < -0.3 is 10.4 Å². The van der Waals surface area contributed by atoms with Gasteiger partial charge in [0, 0.05) is 5.56 Å². The molecule has 2 aromatic rings. The van der Waals surface area contributed by atoms with Gasteiger partial charge in [0.1, 0.15) is 11.6 Å². The van der Waals surface area contributed by atoms with Gasteiger partial charge in [-0.3, -0.25) is 4.79 Å². The van der Waals surface area contributed by atoms with Crippen molar-refractivity contribution in [1.82, 2.24) is 0 Å². The summed E-state index contributed by atoms with van der Waals surface area (Å²) < 4.78 is 12.9. The lowest BCUT2D eigenvalue weighted by molar-refractivity contribution is 0.102. The number of phenolic OH excluding ortho intramolecular Hbond substituents is 1. The molecule has 0 radical (unpaired) electrons. The first-order chi connectivity index (χ1) is 8.58. The smallest absolute Gasteiger partial charge is 0.256 e. The second-order valence-electron chi connectivity index (χ2n) is 3.93. The van der Waals surface area contributed by atoms with Crippen LogP contribution in [0.1, 0.15) is 15.9 Å². The van der Waals surface area contributed by atoms with E-state index in [1.807, 2.05) is 0 Å². The fourth-order valence-corrected chi connectivity index (χ4v) is 1.65. The summed E-state index contributed by atoms with van der Waals surface area (Å²) in [6, 6.07) is 10.4. The van der Waals surface area contributed by atoms with Gasteiger partial charge >= 0.3 is 0 Å². The van der Waals surface area contributed by atoms with Crippen molar-refractivity contribution < 1.29 is 14.3 Å². The Morgan fingerprint density at radius 3 is 2.61 bits per heavy atom. The summed E-state index contributed by atoms with van der Waals surface area (Å²) in [5.74, 6) is -0.772. The van der Waals surface area contributed by atoms with Crippen LogP contribution in [-0.4, -0.2) is 11.0 Å². The molecule has 0 unspecified atom stereocenters. The molecule has 0 aliphatic carbocycles. The molecule has 0 atom stereocenters. The predicted octanol–water partition coefficient (Wildman–Crippen LogP) is 3.09. The average Bonchev–Trinajstić information content (AvgIpc) is 2.32. The highest BCUT2D eigenvalue weighted by Crippen LogP contribution is 2.22. The molecular formula is C14H12FNO2. The number of anilines is 1. The van der Waals surface area contributed by atoms with Crippen LogP contribution in [0.25, 0.3) is 0 Å². The van der Waals surface area contributed by atoms with Gasteiger partial charge in [-0.1, -0.05) is 12.1 Å². The van der Waals surface area contributed by atoms with Gasteiger partial charge in [-0.05, 0) is 42.8 Å². The van der Waals surface area contributed by atoms with E-state index >= 15 is 0 Å². The SMILES string of the molecule is Cc1cc(F)ccc1C(=O)Nc1ccccc1O. The van der Waals surface area contributed by atoms with Gasteiger partial charge in [0.2, 0.25) is 0 Å². The summed E-state index contributed by atoms with van der Waals surface area (Å²) in [5, 5.41) is 12.1. The van der Waals surface area contributed by atoms with Crippen LogP contribution in [0.5, 0.6) is 5.75 Å². The zero-order valence-electron chi connectivity index (χ0n) is 9.77. The Labute approximate surface area is 104 Å². The minimum absolute atomic E-state index is 0.00869. The quantitative estimate of drug-likeness (QED) is 0.799. The van der Waals surface area contributed by atoms with E-state index in [0.29, 0.717) is 16.8 Å². The molecule has 0 fully saturated rings. The first-order valence-electron chi connectivity index (χ1n) is 5.43. The monoisotopic (exact) mass is 245 g/mol. The molecule has 0 bridgehead atoms. The van der Waals surface area contributed by atoms with Crippen molar-refractivity contribution in [3.8, 4) is 5.75 Å². The van der Waals surface area contributed by atoms with E-state index in [9.17, 15) is 14.3 Å². The number of rotatable bonds is 2. The molecule has 2 N–H and O–H groups in total. The first kappa shape index (κ1) is 12.1. The highest BCUT2D eigenvalue weighted by molar-refractivity contribution is 6.05. The number of carbonyl (C=O) groups excluding carboxylic acids is 1. The molecule has 0 spiro atoms. The molecule has 0 heterocycles. The summed E-state index contributed by atoms with van der Waals surface area (Å²) in [6.45, 7) is 1.66. The maximum Gasteiger partial charge on any atom is 0.256 e. The normalized spacial score (nSPS) is 10.1. The molecule has 0 saturated carbocycles. The van der Waals surface area contributed by atoms with Crippen LogP contribution in [0.3, 0.4) is 0 Å². The van der Waals surface area contributed by atoms with Gasteiger partial charge in [-0.2, -0.15) is 0 Å². The van der Waals surface area contributed by atoms with E-state index in [0.717, 1.165) is 0 Å². The number of hydrogen-bond acceptors (Lipinski definition) is 2. The van der Waals surface area contributed by atoms with Crippen molar-refractivity contribution in [3.05, 3.63) is 59.4 Å². The van der Waals surface area contributed by atoms with Crippen molar-refractivity contribution in [2.24, 2.45) is 0 Å². The summed E-state index contributed by atoms with van der Waals surface area (Å²) >= 11 is 0. The molecule has 0 saturated heterocycles. The largest absolute Gasteiger partial charge is 0.506 e. The molecule has 92 valence electrons. The third-order valence-electron chi connectivity index (χ3n) is 2.59. The molecule has 18 heavy (non-hydrogen) atoms. The van der Waals surface area contributed by atoms with E-state index in [1.165, 1.54) is 24.3 Å². The van der Waals surface area contributed by atoms with Gasteiger partial charge in [-0.25, -0.2) is 4.39 Å². The Morgan fingerprint density at radius 2 is 1.94 bits per heavy atom. The molecule has 0 aromatic heterocycles. The topological polar surface area (TPSA) is 49.3 Å². The van der Waals surface area contributed by atoms with Crippen molar-refractivity contribution in [2.45, 2.75) is 6.92 Å². The Kier molecular flexibility index (Phi) is 3.28. The maximum absolute atomic E-state index is 12.9. The molecule has 3 nitrogen and oxygen atoms in total. The summed E-state index contributed by atoms with van der Waals surface area (Å²) in [6.07, 6.45) is 0. The molecule has 0 aliphatic heterocycles. The fourth-order valence-electron chi connectivity index (χ4n) is 1.65. The second kappa shape index (κ2) is 4.87. The number of aryl methyl sites for hydroxylation is 1. The van der Waals surface area contributed by atoms with Crippen LogP contribution < -0.4 is 5.32 Å². The molecular weight excluding hydrogens is 233 g/mol. The van der Waals surface area contributed by atoms with Crippen LogP contribution in [0, 0.1) is 12.7 Å². The van der Waals surface area contributed by atoms with Crippen molar-refractivity contribution >= 4 is 11.6 Å². The van der Waals surface area contributed by atoms with Gasteiger partial charge in [0.15, 0.2) is 0 Å². The van der Waals surface area contributed by atoms with Crippen LogP contribution in [0.4, 0.5) is 10.1 Å². The van der Waals surface area contributed by atoms with Crippen molar-refractivity contribution in [3.63, 3.8) is 0 Å². The average molecular weight is 245 g/mol. The minimum Gasteiger partial charge on any atom is -0.506 e. The Hall–Kier alpha value is -2.36. The lowest BCUT2D eigenvalue weighted by Crippen LogP contribution is -2.13. The molecule has 4 heteroatoms. The van der Waals surface area contributed by atoms with Crippen LogP contribution >= 0.6 is 0 Å². The number of phenols is 1. The molecule has 2 rings (SSSR count). The van der Waals surface area contributed by atoms with Gasteiger partial charge in [0.05, 0.1) is 5.69 Å². The van der Waals surface area contributed by atoms with Gasteiger partial charge in [0.25, 0.3) is 5.91 Å². The highest BCUT2D eigenvalue weighted by atomic mass is 19.1. The van der Waals surface area contributed by atoms with E-state index in [2.05, 4.69) is 5.32 Å². The fraction of sp³-hybridized carbons (Fsp3) is 0.0714. The van der Waals surface area contributed by atoms with E-state index < -0.39 is 0 Å². The second-order valence-corrected chi connectivity index (χ2v) is 3.93. The van der Waals surface area contributed by atoms with Crippen LogP contribution in [-0.2, 0) is 0 Å². The summed E-state index contributed by atoms with van der Waals surface area (Å²) in [7, 11) is 0. The van der Waals surface area contributed by atoms with E-state index in [4.69, 9.17) is 0 Å². The minimum atomic E-state index is -0.383.